The van der Waals surface area contributed by atoms with Crippen molar-refractivity contribution >= 4 is 11.8 Å². The second kappa shape index (κ2) is 8.32. The molecule has 0 aliphatic rings. The maximum absolute atomic E-state index is 13.1. The Hall–Kier alpha value is -3.71. The number of carbonyl (C=O) groups excluding carboxylic acids is 2. The summed E-state index contributed by atoms with van der Waals surface area (Å²) >= 11 is 0. The average Bonchev–Trinajstić information content (AvgIpc) is 2.72. The Bertz CT molecular complexity index is 1040. The first-order valence-corrected chi connectivity index (χ1v) is 8.86. The lowest BCUT2D eigenvalue weighted by Gasteiger charge is -2.18. The summed E-state index contributed by atoms with van der Waals surface area (Å²) in [5, 5.41) is 9.03. The van der Waals surface area contributed by atoms with Gasteiger partial charge in [0, 0.05) is 11.1 Å². The third kappa shape index (κ3) is 4.33. The zero-order chi connectivity index (χ0) is 20.1. The molecule has 3 aromatic carbocycles. The van der Waals surface area contributed by atoms with E-state index in [2.05, 4.69) is 0 Å². The summed E-state index contributed by atoms with van der Waals surface area (Å²) < 4.78 is 5.61. The molecule has 1 atom stereocenters. The number of hydrogen-bond donors (Lipinski definition) is 0. The first kappa shape index (κ1) is 19.1. The minimum absolute atomic E-state index is 0.230. The Morgan fingerprint density at radius 1 is 0.857 bits per heavy atom. The van der Waals surface area contributed by atoms with Gasteiger partial charge < -0.3 is 4.74 Å². The van der Waals surface area contributed by atoms with E-state index in [1.165, 1.54) is 6.07 Å². The fourth-order valence-electron chi connectivity index (χ4n) is 2.77. The topological polar surface area (TPSA) is 67.2 Å². The standard InChI is InChI=1S/C24H19NO3/c1-16-6-10-19(11-7-16)22(26)23(20-12-8-17(2)9-13-20)28-24(27)21-5-3-4-18(14-21)15-25/h3-14,23H,1-2H3. The Morgan fingerprint density at radius 2 is 1.46 bits per heavy atom. The smallest absolute Gasteiger partial charge is 0.339 e. The maximum Gasteiger partial charge on any atom is 0.339 e. The molecule has 28 heavy (non-hydrogen) atoms. The largest absolute Gasteiger partial charge is 0.445 e. The van der Waals surface area contributed by atoms with Gasteiger partial charge in [-0.25, -0.2) is 4.79 Å². The third-order valence-corrected chi connectivity index (χ3v) is 4.41. The Labute approximate surface area is 164 Å². The fraction of sp³-hybridized carbons (Fsp3) is 0.125. The lowest BCUT2D eigenvalue weighted by atomic mass is 9.98. The highest BCUT2D eigenvalue weighted by molar-refractivity contribution is 6.02. The number of nitriles is 1. The molecule has 0 aliphatic heterocycles. The first-order valence-electron chi connectivity index (χ1n) is 8.86. The molecule has 0 N–H and O–H groups in total. The van der Waals surface area contributed by atoms with Crippen LogP contribution in [0.3, 0.4) is 0 Å². The van der Waals surface area contributed by atoms with Crippen molar-refractivity contribution in [3.63, 3.8) is 0 Å². The number of rotatable bonds is 5. The van der Waals surface area contributed by atoms with Gasteiger partial charge >= 0.3 is 5.97 Å². The van der Waals surface area contributed by atoms with Gasteiger partial charge in [-0.05, 0) is 32.0 Å². The number of nitrogens with zero attached hydrogens (tertiary/aromatic N) is 1. The van der Waals surface area contributed by atoms with E-state index in [-0.39, 0.29) is 11.3 Å². The van der Waals surface area contributed by atoms with Crippen molar-refractivity contribution in [2.75, 3.05) is 0 Å². The van der Waals surface area contributed by atoms with Crippen LogP contribution in [0.1, 0.15) is 49.1 Å². The number of hydrogen-bond acceptors (Lipinski definition) is 4. The maximum atomic E-state index is 13.1. The molecule has 3 rings (SSSR count). The summed E-state index contributed by atoms with van der Waals surface area (Å²) in [6.45, 7) is 3.88. The number of Topliss-reactive ketones (excluding diaryl/α,β-unsaturated/α-hetero) is 1. The van der Waals surface area contributed by atoms with E-state index in [1.807, 2.05) is 44.2 Å². The molecule has 0 aliphatic carbocycles. The minimum Gasteiger partial charge on any atom is -0.445 e. The zero-order valence-electron chi connectivity index (χ0n) is 15.7. The molecule has 0 fully saturated rings. The van der Waals surface area contributed by atoms with Gasteiger partial charge in [0.05, 0.1) is 17.2 Å². The van der Waals surface area contributed by atoms with Gasteiger partial charge in [0.15, 0.2) is 6.10 Å². The molecule has 0 aromatic heterocycles. The number of ketones is 1. The molecular formula is C24H19NO3. The van der Waals surface area contributed by atoms with Gasteiger partial charge in [-0.1, -0.05) is 65.7 Å². The van der Waals surface area contributed by atoms with E-state index in [9.17, 15) is 9.59 Å². The van der Waals surface area contributed by atoms with Crippen LogP contribution in [-0.2, 0) is 4.74 Å². The molecule has 0 saturated heterocycles. The first-order chi connectivity index (χ1) is 13.5. The Morgan fingerprint density at radius 3 is 2.07 bits per heavy atom. The summed E-state index contributed by atoms with van der Waals surface area (Å²) in [7, 11) is 0. The average molecular weight is 369 g/mol. The second-order valence-electron chi connectivity index (χ2n) is 6.62. The normalized spacial score (nSPS) is 11.3. The Balaban J connectivity index is 1.95. The number of esters is 1. The molecule has 4 nitrogen and oxygen atoms in total. The van der Waals surface area contributed by atoms with Crippen molar-refractivity contribution in [3.05, 3.63) is 106 Å². The summed E-state index contributed by atoms with van der Waals surface area (Å²) in [4.78, 5) is 25.8. The highest BCUT2D eigenvalue weighted by Crippen LogP contribution is 2.25. The summed E-state index contributed by atoms with van der Waals surface area (Å²) in [6, 6.07) is 22.7. The van der Waals surface area contributed by atoms with Crippen LogP contribution >= 0.6 is 0 Å². The molecule has 1 unspecified atom stereocenters. The van der Waals surface area contributed by atoms with Crippen LogP contribution in [0.25, 0.3) is 0 Å². The van der Waals surface area contributed by atoms with Gasteiger partial charge in [-0.15, -0.1) is 0 Å². The SMILES string of the molecule is Cc1ccc(C(=O)C(OC(=O)c2cccc(C#N)c2)c2ccc(C)cc2)cc1. The molecule has 3 aromatic rings. The van der Waals surface area contributed by atoms with Gasteiger partial charge in [0.25, 0.3) is 0 Å². The van der Waals surface area contributed by atoms with Gasteiger partial charge in [-0.2, -0.15) is 5.26 Å². The molecule has 0 amide bonds. The minimum atomic E-state index is -1.07. The number of carbonyl (C=O) groups is 2. The summed E-state index contributed by atoms with van der Waals surface area (Å²) in [5.41, 5.74) is 3.72. The van der Waals surface area contributed by atoms with Crippen LogP contribution in [0.4, 0.5) is 0 Å². The van der Waals surface area contributed by atoms with E-state index in [4.69, 9.17) is 10.00 Å². The molecule has 0 saturated carbocycles. The van der Waals surface area contributed by atoms with Gasteiger partial charge in [0.1, 0.15) is 0 Å². The summed E-state index contributed by atoms with van der Waals surface area (Å²) in [6.07, 6.45) is -1.07. The predicted molar refractivity (Wildman–Crippen MR) is 106 cm³/mol. The van der Waals surface area contributed by atoms with E-state index >= 15 is 0 Å². The number of benzene rings is 3. The van der Waals surface area contributed by atoms with Crippen molar-refractivity contribution < 1.29 is 14.3 Å². The molecule has 0 bridgehead atoms. The highest BCUT2D eigenvalue weighted by atomic mass is 16.5. The van der Waals surface area contributed by atoms with Crippen LogP contribution in [-0.4, -0.2) is 11.8 Å². The van der Waals surface area contributed by atoms with Crippen molar-refractivity contribution in [3.8, 4) is 6.07 Å². The van der Waals surface area contributed by atoms with Crippen LogP contribution in [0, 0.1) is 25.2 Å². The molecular weight excluding hydrogens is 350 g/mol. The molecule has 4 heteroatoms. The molecule has 0 heterocycles. The van der Waals surface area contributed by atoms with Crippen LogP contribution in [0.2, 0.25) is 0 Å². The van der Waals surface area contributed by atoms with E-state index in [1.54, 1.807) is 42.5 Å². The molecule has 138 valence electrons. The number of aryl methyl sites for hydroxylation is 2. The quantitative estimate of drug-likeness (QED) is 0.471. The van der Waals surface area contributed by atoms with E-state index < -0.39 is 12.1 Å². The molecule has 0 spiro atoms. The fourth-order valence-corrected chi connectivity index (χ4v) is 2.77. The second-order valence-corrected chi connectivity index (χ2v) is 6.62. The third-order valence-electron chi connectivity index (χ3n) is 4.41. The van der Waals surface area contributed by atoms with Crippen LogP contribution in [0.5, 0.6) is 0 Å². The van der Waals surface area contributed by atoms with Crippen LogP contribution in [0.15, 0.2) is 72.8 Å². The lowest BCUT2D eigenvalue weighted by Crippen LogP contribution is -2.20. The lowest BCUT2D eigenvalue weighted by molar-refractivity contribution is 0.0280. The predicted octanol–water partition coefficient (Wildman–Crippen LogP) is 4.96. The van der Waals surface area contributed by atoms with Gasteiger partial charge in [0.2, 0.25) is 5.78 Å². The van der Waals surface area contributed by atoms with E-state index in [0.717, 1.165) is 11.1 Å². The van der Waals surface area contributed by atoms with Crippen molar-refractivity contribution in [1.29, 1.82) is 5.26 Å². The van der Waals surface area contributed by atoms with Crippen molar-refractivity contribution in [2.24, 2.45) is 0 Å². The number of ether oxygens (including phenoxy) is 1. The Kier molecular flexibility index (Phi) is 5.67. The van der Waals surface area contributed by atoms with Crippen molar-refractivity contribution in [1.82, 2.24) is 0 Å². The van der Waals surface area contributed by atoms with Crippen LogP contribution < -0.4 is 0 Å². The van der Waals surface area contributed by atoms with E-state index in [0.29, 0.717) is 16.7 Å². The highest BCUT2D eigenvalue weighted by Gasteiger charge is 2.27. The monoisotopic (exact) mass is 369 g/mol. The van der Waals surface area contributed by atoms with Crippen molar-refractivity contribution in [2.45, 2.75) is 20.0 Å². The molecule has 0 radical (unpaired) electrons. The zero-order valence-corrected chi connectivity index (χ0v) is 15.7. The summed E-state index contributed by atoms with van der Waals surface area (Å²) in [5.74, 6) is -0.947. The van der Waals surface area contributed by atoms with Gasteiger partial charge in [-0.3, -0.25) is 4.79 Å².